The maximum Gasteiger partial charge on any atom is 0.306 e. The molecule has 0 spiro atoms. The molecule has 0 aromatic rings. The summed E-state index contributed by atoms with van der Waals surface area (Å²) in [6, 6.07) is 0. The largest absolute Gasteiger partial charge is 0.462 e. The van der Waals surface area contributed by atoms with Crippen LogP contribution in [0.25, 0.3) is 0 Å². The van der Waals surface area contributed by atoms with E-state index < -0.39 is 6.10 Å². The molecule has 0 saturated heterocycles. The van der Waals surface area contributed by atoms with E-state index in [1.54, 1.807) is 0 Å². The highest BCUT2D eigenvalue weighted by atomic mass is 16.6. The van der Waals surface area contributed by atoms with E-state index in [1.807, 2.05) is 0 Å². The molecule has 0 radical (unpaired) electrons. The first-order chi connectivity index (χ1) is 31.5. The smallest absolute Gasteiger partial charge is 0.306 e. The molecule has 0 aliphatic heterocycles. The Hall–Kier alpha value is -3.15. The molecule has 0 aromatic heterocycles. The minimum atomic E-state index is -0.792. The predicted octanol–water partition coefficient (Wildman–Crippen LogP) is 17.8. The molecular formula is C58H100O6. The SMILES string of the molecule is CCC/C=C\C/C=C\CCCCCCCC(=O)OCC(COC(=O)CCCCCCCCC/C=C\C/C=C\CCCCC)OC(=O)CCCCCCC/C=C\C/C=C\CCCCCC. The minimum Gasteiger partial charge on any atom is -0.462 e. The number of carbonyl (C=O) groups is 3. The quantitative estimate of drug-likeness (QED) is 0.0262. The minimum absolute atomic E-state index is 0.0900. The molecule has 0 bridgehead atoms. The van der Waals surface area contributed by atoms with Gasteiger partial charge in [0, 0.05) is 19.3 Å². The van der Waals surface area contributed by atoms with Crippen LogP contribution in [0.2, 0.25) is 0 Å². The van der Waals surface area contributed by atoms with Crippen molar-refractivity contribution in [2.45, 2.75) is 264 Å². The Balaban J connectivity index is 4.43. The summed E-state index contributed by atoms with van der Waals surface area (Å²) in [6.45, 7) is 6.51. The lowest BCUT2D eigenvalue weighted by molar-refractivity contribution is -0.167. The zero-order valence-corrected chi connectivity index (χ0v) is 42.0. The first-order valence-corrected chi connectivity index (χ1v) is 26.9. The molecule has 0 heterocycles. The van der Waals surface area contributed by atoms with Crippen molar-refractivity contribution >= 4 is 17.9 Å². The van der Waals surface area contributed by atoms with Crippen molar-refractivity contribution < 1.29 is 28.6 Å². The average molecular weight is 893 g/mol. The van der Waals surface area contributed by atoms with E-state index in [4.69, 9.17) is 14.2 Å². The number of hydrogen-bond donors (Lipinski definition) is 0. The van der Waals surface area contributed by atoms with Gasteiger partial charge in [-0.3, -0.25) is 14.4 Å². The van der Waals surface area contributed by atoms with E-state index in [2.05, 4.69) is 93.7 Å². The van der Waals surface area contributed by atoms with Gasteiger partial charge in [0.15, 0.2) is 6.10 Å². The van der Waals surface area contributed by atoms with Crippen molar-refractivity contribution in [3.05, 3.63) is 72.9 Å². The van der Waals surface area contributed by atoms with Gasteiger partial charge in [-0.15, -0.1) is 0 Å². The van der Waals surface area contributed by atoms with Gasteiger partial charge in [-0.2, -0.15) is 0 Å². The zero-order valence-electron chi connectivity index (χ0n) is 42.0. The molecule has 0 aliphatic rings. The van der Waals surface area contributed by atoms with Crippen molar-refractivity contribution in [3.63, 3.8) is 0 Å². The molecule has 0 aliphatic carbocycles. The third kappa shape index (κ3) is 49.9. The van der Waals surface area contributed by atoms with Crippen LogP contribution in [-0.4, -0.2) is 37.2 Å². The summed E-state index contributed by atoms with van der Waals surface area (Å²) in [7, 11) is 0. The van der Waals surface area contributed by atoms with Crippen molar-refractivity contribution in [3.8, 4) is 0 Å². The number of ether oxygens (including phenoxy) is 3. The van der Waals surface area contributed by atoms with E-state index in [0.29, 0.717) is 19.3 Å². The van der Waals surface area contributed by atoms with E-state index in [-0.39, 0.29) is 31.1 Å². The molecule has 0 saturated carbocycles. The van der Waals surface area contributed by atoms with Crippen molar-refractivity contribution in [1.82, 2.24) is 0 Å². The third-order valence-corrected chi connectivity index (χ3v) is 11.4. The summed E-state index contributed by atoms with van der Waals surface area (Å²) in [5, 5.41) is 0. The topological polar surface area (TPSA) is 78.9 Å². The molecule has 6 nitrogen and oxygen atoms in total. The Morgan fingerprint density at radius 2 is 0.594 bits per heavy atom. The fourth-order valence-corrected chi connectivity index (χ4v) is 7.30. The van der Waals surface area contributed by atoms with Gasteiger partial charge < -0.3 is 14.2 Å². The van der Waals surface area contributed by atoms with E-state index in [0.717, 1.165) is 128 Å². The Kier molecular flexibility index (Phi) is 49.9. The fraction of sp³-hybridized carbons (Fsp3) is 0.741. The van der Waals surface area contributed by atoms with Crippen LogP contribution in [0.5, 0.6) is 0 Å². The normalized spacial score (nSPS) is 12.6. The lowest BCUT2D eigenvalue weighted by atomic mass is 10.1. The molecule has 64 heavy (non-hydrogen) atoms. The van der Waals surface area contributed by atoms with Crippen LogP contribution < -0.4 is 0 Å². The van der Waals surface area contributed by atoms with Crippen LogP contribution >= 0.6 is 0 Å². The van der Waals surface area contributed by atoms with Crippen LogP contribution in [0.1, 0.15) is 258 Å². The lowest BCUT2D eigenvalue weighted by Gasteiger charge is -2.18. The molecule has 0 N–H and O–H groups in total. The van der Waals surface area contributed by atoms with Gasteiger partial charge in [-0.05, 0) is 109 Å². The van der Waals surface area contributed by atoms with Crippen molar-refractivity contribution in [2.75, 3.05) is 13.2 Å². The summed E-state index contributed by atoms with van der Waals surface area (Å²) in [5.41, 5.74) is 0. The summed E-state index contributed by atoms with van der Waals surface area (Å²) < 4.78 is 16.8. The number of unbranched alkanes of at least 4 members (excludes halogenated alkanes) is 25. The Morgan fingerprint density at radius 1 is 0.312 bits per heavy atom. The van der Waals surface area contributed by atoms with Gasteiger partial charge >= 0.3 is 17.9 Å². The van der Waals surface area contributed by atoms with Crippen LogP contribution in [0.3, 0.4) is 0 Å². The van der Waals surface area contributed by atoms with Gasteiger partial charge in [0.05, 0.1) is 0 Å². The molecule has 1 unspecified atom stereocenters. The summed E-state index contributed by atoms with van der Waals surface area (Å²) >= 11 is 0. The second kappa shape index (κ2) is 52.5. The number of esters is 3. The van der Waals surface area contributed by atoms with Crippen LogP contribution in [0, 0.1) is 0 Å². The lowest BCUT2D eigenvalue weighted by Crippen LogP contribution is -2.30. The highest BCUT2D eigenvalue weighted by Crippen LogP contribution is 2.14. The average Bonchev–Trinajstić information content (AvgIpc) is 3.29. The molecule has 1 atom stereocenters. The summed E-state index contributed by atoms with van der Waals surface area (Å²) in [4.78, 5) is 38.0. The maximum atomic E-state index is 12.8. The molecule has 368 valence electrons. The zero-order chi connectivity index (χ0) is 46.5. The summed E-state index contributed by atoms with van der Waals surface area (Å²) in [5.74, 6) is -0.922. The Labute approximate surface area is 395 Å². The van der Waals surface area contributed by atoms with Gasteiger partial charge in [0.1, 0.15) is 13.2 Å². The molecule has 0 rings (SSSR count). The number of allylic oxidation sites excluding steroid dienone is 12. The van der Waals surface area contributed by atoms with Gasteiger partial charge in [0.2, 0.25) is 0 Å². The van der Waals surface area contributed by atoms with Crippen LogP contribution in [0.4, 0.5) is 0 Å². The second-order valence-electron chi connectivity index (χ2n) is 17.8. The first-order valence-electron chi connectivity index (χ1n) is 26.9. The van der Waals surface area contributed by atoms with Gasteiger partial charge in [0.25, 0.3) is 0 Å². The second-order valence-corrected chi connectivity index (χ2v) is 17.8. The summed E-state index contributed by atoms with van der Waals surface area (Å²) in [6.07, 6.45) is 65.9. The number of rotatable bonds is 48. The molecule has 0 aromatic carbocycles. The third-order valence-electron chi connectivity index (χ3n) is 11.4. The van der Waals surface area contributed by atoms with Gasteiger partial charge in [-0.1, -0.05) is 203 Å². The monoisotopic (exact) mass is 893 g/mol. The molecule has 0 fully saturated rings. The van der Waals surface area contributed by atoms with Crippen molar-refractivity contribution in [2.24, 2.45) is 0 Å². The van der Waals surface area contributed by atoms with E-state index in [9.17, 15) is 14.4 Å². The van der Waals surface area contributed by atoms with Crippen LogP contribution in [0.15, 0.2) is 72.9 Å². The standard InChI is InChI=1S/C58H100O6/c1-4-7-10-13-16-19-22-25-27-29-31-33-36-39-42-45-48-51-57(60)63-54-55(53-62-56(59)50-47-44-41-38-35-32-24-21-18-15-12-9-6-3)64-58(61)52-49-46-43-40-37-34-30-28-26-23-20-17-14-11-8-5-2/h12,15-16,19-21,23-25,27-28,30,55H,4-11,13-14,17-18,22,26,29,31-54H2,1-3H3/b15-12-,19-16-,23-20-,24-21-,27-25-,30-28-. The predicted molar refractivity (Wildman–Crippen MR) is 274 cm³/mol. The Morgan fingerprint density at radius 3 is 0.953 bits per heavy atom. The number of carbonyl (C=O) groups excluding carboxylic acids is 3. The van der Waals surface area contributed by atoms with Crippen molar-refractivity contribution in [1.29, 1.82) is 0 Å². The van der Waals surface area contributed by atoms with E-state index in [1.165, 1.54) is 89.9 Å². The first kappa shape index (κ1) is 60.9. The molecular weight excluding hydrogens is 793 g/mol. The maximum absolute atomic E-state index is 12.8. The highest BCUT2D eigenvalue weighted by molar-refractivity contribution is 5.71. The number of hydrogen-bond acceptors (Lipinski definition) is 6. The Bertz CT molecular complexity index is 1210. The fourth-order valence-electron chi connectivity index (χ4n) is 7.30. The van der Waals surface area contributed by atoms with E-state index >= 15 is 0 Å². The highest BCUT2D eigenvalue weighted by Gasteiger charge is 2.19. The van der Waals surface area contributed by atoms with Gasteiger partial charge in [-0.25, -0.2) is 0 Å². The molecule has 6 heteroatoms. The molecule has 0 amide bonds. The van der Waals surface area contributed by atoms with Crippen LogP contribution in [-0.2, 0) is 28.6 Å².